The first-order chi connectivity index (χ1) is 11.4. The minimum absolute atomic E-state index is 0.0308. The summed E-state index contributed by atoms with van der Waals surface area (Å²) >= 11 is 0. The van der Waals surface area contributed by atoms with Crippen LogP contribution in [-0.2, 0) is 11.2 Å². The number of amides is 3. The highest BCUT2D eigenvalue weighted by Gasteiger charge is 2.20. The molecule has 3 amide bonds. The Morgan fingerprint density at radius 3 is 2.46 bits per heavy atom. The molecule has 5 nitrogen and oxygen atoms in total. The number of urea groups is 1. The highest BCUT2D eigenvalue weighted by molar-refractivity contribution is 5.91. The third-order valence-electron chi connectivity index (χ3n) is 3.88. The number of rotatable bonds is 5. The molecular weight excluding hydrogens is 309 g/mol. The van der Waals surface area contributed by atoms with E-state index in [-0.39, 0.29) is 12.2 Å². The zero-order chi connectivity index (χ0) is 17.7. The van der Waals surface area contributed by atoms with Crippen molar-refractivity contribution in [2.45, 2.75) is 19.4 Å². The molecule has 2 rings (SSSR count). The van der Waals surface area contributed by atoms with Crippen molar-refractivity contribution in [2.24, 2.45) is 5.73 Å². The molecule has 24 heavy (non-hydrogen) atoms. The molecule has 0 radical (unpaired) electrons. The van der Waals surface area contributed by atoms with Crippen molar-refractivity contribution in [3.8, 4) is 0 Å². The summed E-state index contributed by atoms with van der Waals surface area (Å²) in [7, 11) is 1.59. The number of hydrogen-bond donors (Lipinski definition) is 2. The van der Waals surface area contributed by atoms with Gasteiger partial charge in [0.1, 0.15) is 5.82 Å². The van der Waals surface area contributed by atoms with Crippen LogP contribution in [0.4, 0.5) is 14.9 Å². The first kappa shape index (κ1) is 17.5. The van der Waals surface area contributed by atoms with E-state index >= 15 is 0 Å². The van der Waals surface area contributed by atoms with Crippen molar-refractivity contribution in [1.82, 2.24) is 4.90 Å². The van der Waals surface area contributed by atoms with E-state index in [1.54, 1.807) is 56.4 Å². The maximum atomic E-state index is 13.9. The number of carbonyl (C=O) groups is 2. The summed E-state index contributed by atoms with van der Waals surface area (Å²) in [6.45, 7) is 1.74. The van der Waals surface area contributed by atoms with Gasteiger partial charge in [-0.05, 0) is 24.6 Å². The number of nitrogens with one attached hydrogen (secondary N) is 1. The first-order valence-corrected chi connectivity index (χ1v) is 7.54. The fourth-order valence-corrected chi connectivity index (χ4v) is 2.39. The Kier molecular flexibility index (Phi) is 5.52. The normalized spacial score (nSPS) is 11.6. The lowest BCUT2D eigenvalue weighted by Gasteiger charge is -2.26. The number of hydrogen-bond acceptors (Lipinski definition) is 2. The second-order valence-electron chi connectivity index (χ2n) is 5.54. The maximum Gasteiger partial charge on any atom is 0.322 e. The molecule has 0 fully saturated rings. The molecule has 0 spiro atoms. The highest BCUT2D eigenvalue weighted by atomic mass is 19.1. The van der Waals surface area contributed by atoms with Gasteiger partial charge in [0.15, 0.2) is 0 Å². The molecule has 0 saturated carbocycles. The van der Waals surface area contributed by atoms with Gasteiger partial charge in [-0.2, -0.15) is 0 Å². The lowest BCUT2D eigenvalue weighted by molar-refractivity contribution is -0.117. The molecule has 2 aromatic carbocycles. The molecular formula is C18H20FN3O2. The molecule has 3 N–H and O–H groups in total. The predicted octanol–water partition coefficient (Wildman–Crippen LogP) is 3.08. The lowest BCUT2D eigenvalue weighted by Crippen LogP contribution is -2.34. The Bertz CT molecular complexity index is 749. The largest absolute Gasteiger partial charge is 0.369 e. The Labute approximate surface area is 140 Å². The van der Waals surface area contributed by atoms with Crippen LogP contribution in [0.2, 0.25) is 0 Å². The van der Waals surface area contributed by atoms with Gasteiger partial charge in [0.05, 0.1) is 12.5 Å². The summed E-state index contributed by atoms with van der Waals surface area (Å²) in [6, 6.07) is 12.4. The second kappa shape index (κ2) is 7.59. The molecule has 1 atom stereocenters. The van der Waals surface area contributed by atoms with Gasteiger partial charge >= 0.3 is 6.03 Å². The van der Waals surface area contributed by atoms with Crippen LogP contribution < -0.4 is 11.1 Å². The zero-order valence-electron chi connectivity index (χ0n) is 13.6. The molecule has 0 aliphatic carbocycles. The summed E-state index contributed by atoms with van der Waals surface area (Å²) in [6.07, 6.45) is 0.0308. The van der Waals surface area contributed by atoms with E-state index in [1.165, 1.54) is 11.0 Å². The van der Waals surface area contributed by atoms with Gasteiger partial charge in [-0.25, -0.2) is 9.18 Å². The van der Waals surface area contributed by atoms with Crippen LogP contribution >= 0.6 is 0 Å². The minimum Gasteiger partial charge on any atom is -0.369 e. The van der Waals surface area contributed by atoms with Gasteiger partial charge in [0.2, 0.25) is 5.91 Å². The summed E-state index contributed by atoms with van der Waals surface area (Å²) in [5, 5.41) is 2.74. The average molecular weight is 329 g/mol. The van der Waals surface area contributed by atoms with E-state index in [0.717, 1.165) is 0 Å². The van der Waals surface area contributed by atoms with Crippen LogP contribution in [0.5, 0.6) is 0 Å². The molecule has 0 aliphatic rings. The summed E-state index contributed by atoms with van der Waals surface area (Å²) in [5.41, 5.74) is 6.79. The lowest BCUT2D eigenvalue weighted by atomic mass is 10.1. The summed E-state index contributed by atoms with van der Waals surface area (Å²) in [4.78, 5) is 25.0. The summed E-state index contributed by atoms with van der Waals surface area (Å²) < 4.78 is 13.9. The monoisotopic (exact) mass is 329 g/mol. The number of primary amides is 1. The quantitative estimate of drug-likeness (QED) is 0.884. The van der Waals surface area contributed by atoms with Crippen molar-refractivity contribution in [3.63, 3.8) is 0 Å². The maximum absolute atomic E-state index is 13.9. The fourth-order valence-electron chi connectivity index (χ4n) is 2.39. The van der Waals surface area contributed by atoms with Gasteiger partial charge < -0.3 is 16.0 Å². The van der Waals surface area contributed by atoms with Gasteiger partial charge in [-0.15, -0.1) is 0 Å². The number of anilines is 1. The van der Waals surface area contributed by atoms with Crippen molar-refractivity contribution < 1.29 is 14.0 Å². The third kappa shape index (κ3) is 4.10. The van der Waals surface area contributed by atoms with Crippen LogP contribution in [0, 0.1) is 5.82 Å². The Morgan fingerprint density at radius 1 is 1.17 bits per heavy atom. The number of benzene rings is 2. The van der Waals surface area contributed by atoms with Crippen LogP contribution in [0.3, 0.4) is 0 Å². The second-order valence-corrected chi connectivity index (χ2v) is 5.54. The van der Waals surface area contributed by atoms with E-state index < -0.39 is 18.0 Å². The molecule has 6 heteroatoms. The molecule has 2 aromatic rings. The molecule has 0 aliphatic heterocycles. The molecule has 0 bridgehead atoms. The molecule has 0 heterocycles. The fraction of sp³-hybridized carbons (Fsp3) is 0.222. The van der Waals surface area contributed by atoms with Crippen molar-refractivity contribution in [3.05, 3.63) is 65.5 Å². The van der Waals surface area contributed by atoms with Crippen molar-refractivity contribution in [1.29, 1.82) is 0 Å². The van der Waals surface area contributed by atoms with Crippen LogP contribution in [0.15, 0.2) is 48.5 Å². The number of nitrogens with zero attached hydrogens (tertiary/aromatic N) is 1. The van der Waals surface area contributed by atoms with E-state index in [4.69, 9.17) is 5.73 Å². The Balaban J connectivity index is 2.15. The molecule has 0 aromatic heterocycles. The smallest absolute Gasteiger partial charge is 0.322 e. The topological polar surface area (TPSA) is 75.4 Å². The molecule has 0 saturated heterocycles. The zero-order valence-corrected chi connectivity index (χ0v) is 13.6. The number of carbonyl (C=O) groups excluding carboxylic acids is 2. The molecule has 1 unspecified atom stereocenters. The van der Waals surface area contributed by atoms with Crippen molar-refractivity contribution in [2.75, 3.05) is 12.4 Å². The number of halogens is 1. The van der Waals surface area contributed by atoms with E-state index in [0.29, 0.717) is 16.8 Å². The van der Waals surface area contributed by atoms with Gasteiger partial charge in [-0.1, -0.05) is 36.4 Å². The first-order valence-electron chi connectivity index (χ1n) is 7.54. The average Bonchev–Trinajstić information content (AvgIpc) is 2.55. The Hall–Kier alpha value is -2.89. The third-order valence-corrected chi connectivity index (χ3v) is 3.88. The Morgan fingerprint density at radius 2 is 1.79 bits per heavy atom. The van der Waals surface area contributed by atoms with E-state index in [9.17, 15) is 14.0 Å². The highest BCUT2D eigenvalue weighted by Crippen LogP contribution is 2.23. The minimum atomic E-state index is -0.482. The van der Waals surface area contributed by atoms with Gasteiger partial charge in [-0.3, -0.25) is 4.79 Å². The predicted molar refractivity (Wildman–Crippen MR) is 90.9 cm³/mol. The van der Waals surface area contributed by atoms with E-state index in [2.05, 4.69) is 5.32 Å². The SMILES string of the molecule is CC(c1ccccc1F)N(C)C(=O)Nc1ccccc1CC(N)=O. The van der Waals surface area contributed by atoms with Crippen LogP contribution in [0.25, 0.3) is 0 Å². The number of para-hydroxylation sites is 1. The molecule has 126 valence electrons. The number of nitrogens with two attached hydrogens (primary N) is 1. The summed E-state index contributed by atoms with van der Waals surface area (Å²) in [5.74, 6) is -0.844. The van der Waals surface area contributed by atoms with E-state index in [1.807, 2.05) is 0 Å². The standard InChI is InChI=1S/C18H20FN3O2/c1-12(14-8-4-5-9-15(14)19)22(2)18(24)21-16-10-6-3-7-13(16)11-17(20)23/h3-10,12H,11H2,1-2H3,(H2,20,23)(H,21,24). The van der Waals surface area contributed by atoms with Gasteiger partial charge in [0.25, 0.3) is 0 Å². The van der Waals surface area contributed by atoms with Crippen LogP contribution in [0.1, 0.15) is 24.1 Å². The van der Waals surface area contributed by atoms with Crippen LogP contribution in [-0.4, -0.2) is 23.9 Å². The van der Waals surface area contributed by atoms with Crippen molar-refractivity contribution >= 4 is 17.6 Å². The van der Waals surface area contributed by atoms with Gasteiger partial charge in [0, 0.05) is 18.3 Å².